The van der Waals surface area contributed by atoms with E-state index in [1.807, 2.05) is 19.9 Å². The summed E-state index contributed by atoms with van der Waals surface area (Å²) in [5.74, 6) is -3.79. The molecule has 0 fully saturated rings. The average Bonchev–Trinajstić information content (AvgIpc) is 2.49. The van der Waals surface area contributed by atoms with Crippen LogP contribution in [0.15, 0.2) is 24.3 Å². The lowest BCUT2D eigenvalue weighted by molar-refractivity contribution is -0.154. The molecule has 126 valence electrons. The first-order chi connectivity index (χ1) is 10.8. The summed E-state index contributed by atoms with van der Waals surface area (Å²) in [4.78, 5) is 34.5. The SMILES string of the molecule is CCC(CC)(Cc1cccc(N)c1)C(=O)NC(C(=O)O)C(=O)O. The normalized spacial score (nSPS) is 11.3. The third-order valence-electron chi connectivity index (χ3n) is 4.10. The van der Waals surface area contributed by atoms with Gasteiger partial charge in [0.05, 0.1) is 5.41 Å². The highest BCUT2D eigenvalue weighted by Crippen LogP contribution is 2.32. The topological polar surface area (TPSA) is 130 Å². The minimum atomic E-state index is -1.96. The van der Waals surface area contributed by atoms with Gasteiger partial charge in [-0.25, -0.2) is 9.59 Å². The van der Waals surface area contributed by atoms with Crippen LogP contribution in [0.1, 0.15) is 32.3 Å². The molecule has 0 saturated heterocycles. The summed E-state index contributed by atoms with van der Waals surface area (Å²) in [5.41, 5.74) is 6.26. The van der Waals surface area contributed by atoms with Crippen LogP contribution in [-0.4, -0.2) is 34.1 Å². The first kappa shape index (κ1) is 18.5. The fraction of sp³-hybridized carbons (Fsp3) is 0.438. The van der Waals surface area contributed by atoms with Crippen LogP contribution in [0.3, 0.4) is 0 Å². The molecule has 0 spiro atoms. The van der Waals surface area contributed by atoms with Crippen LogP contribution in [0, 0.1) is 5.41 Å². The van der Waals surface area contributed by atoms with E-state index in [0.717, 1.165) is 5.56 Å². The maximum Gasteiger partial charge on any atom is 0.338 e. The number of carbonyl (C=O) groups excluding carboxylic acids is 1. The number of nitrogens with two attached hydrogens (primary N) is 1. The van der Waals surface area contributed by atoms with E-state index in [1.165, 1.54) is 0 Å². The van der Waals surface area contributed by atoms with Crippen molar-refractivity contribution in [3.05, 3.63) is 29.8 Å². The summed E-state index contributed by atoms with van der Waals surface area (Å²) in [5, 5.41) is 20.0. The molecule has 0 bridgehead atoms. The predicted octanol–water partition coefficient (Wildman–Crippen LogP) is 1.27. The molecule has 0 aliphatic heterocycles. The van der Waals surface area contributed by atoms with Crippen LogP contribution in [0.25, 0.3) is 0 Å². The molecule has 0 radical (unpaired) electrons. The van der Waals surface area contributed by atoms with E-state index in [0.29, 0.717) is 24.9 Å². The first-order valence-corrected chi connectivity index (χ1v) is 7.36. The van der Waals surface area contributed by atoms with Crippen LogP contribution in [-0.2, 0) is 20.8 Å². The zero-order valence-corrected chi connectivity index (χ0v) is 13.2. The maximum absolute atomic E-state index is 12.6. The Balaban J connectivity index is 3.05. The van der Waals surface area contributed by atoms with E-state index >= 15 is 0 Å². The van der Waals surface area contributed by atoms with Crippen molar-refractivity contribution in [2.45, 2.75) is 39.2 Å². The molecule has 0 atom stereocenters. The molecule has 0 aromatic heterocycles. The van der Waals surface area contributed by atoms with Gasteiger partial charge in [0, 0.05) is 5.69 Å². The molecule has 0 aliphatic rings. The molecule has 0 saturated carbocycles. The number of carbonyl (C=O) groups is 3. The third kappa shape index (κ3) is 4.45. The van der Waals surface area contributed by atoms with E-state index < -0.39 is 29.3 Å². The van der Waals surface area contributed by atoms with Gasteiger partial charge in [-0.15, -0.1) is 0 Å². The summed E-state index contributed by atoms with van der Waals surface area (Å²) in [6, 6.07) is 5.12. The van der Waals surface area contributed by atoms with Crippen molar-refractivity contribution < 1.29 is 24.6 Å². The number of nitrogens with one attached hydrogen (secondary N) is 1. The molecule has 1 aromatic rings. The average molecular weight is 322 g/mol. The summed E-state index contributed by atoms with van der Waals surface area (Å²) in [6.45, 7) is 3.62. The Labute approximate surface area is 134 Å². The second kappa shape index (κ2) is 7.62. The molecule has 23 heavy (non-hydrogen) atoms. The number of rotatable bonds is 8. The molecule has 1 rings (SSSR count). The van der Waals surface area contributed by atoms with E-state index in [2.05, 4.69) is 5.32 Å². The van der Waals surface area contributed by atoms with E-state index in [4.69, 9.17) is 15.9 Å². The van der Waals surface area contributed by atoms with Gasteiger partial charge in [-0.3, -0.25) is 4.79 Å². The van der Waals surface area contributed by atoms with E-state index in [1.54, 1.807) is 18.2 Å². The highest BCUT2D eigenvalue weighted by atomic mass is 16.4. The number of carboxylic acids is 2. The highest BCUT2D eigenvalue weighted by molar-refractivity contribution is 6.01. The van der Waals surface area contributed by atoms with Crippen molar-refractivity contribution >= 4 is 23.5 Å². The van der Waals surface area contributed by atoms with Gasteiger partial charge in [0.2, 0.25) is 11.9 Å². The summed E-state index contributed by atoms with van der Waals surface area (Å²) >= 11 is 0. The lowest BCUT2D eigenvalue weighted by Crippen LogP contribution is -2.52. The second-order valence-electron chi connectivity index (χ2n) is 5.49. The number of nitrogen functional groups attached to an aromatic ring is 1. The van der Waals surface area contributed by atoms with Crippen molar-refractivity contribution in [1.82, 2.24) is 5.32 Å². The number of amides is 1. The van der Waals surface area contributed by atoms with Crippen molar-refractivity contribution in [2.75, 3.05) is 5.73 Å². The van der Waals surface area contributed by atoms with E-state index in [9.17, 15) is 14.4 Å². The lowest BCUT2D eigenvalue weighted by atomic mass is 9.76. The fourth-order valence-electron chi connectivity index (χ4n) is 2.51. The standard InChI is InChI=1S/C16H22N2O5/c1-3-16(4-2,9-10-6-5-7-11(17)8-10)15(23)18-12(13(19)20)14(21)22/h5-8,12H,3-4,9,17H2,1-2H3,(H,18,23)(H,19,20)(H,21,22). The molecule has 1 aromatic carbocycles. The Morgan fingerprint density at radius 2 is 1.74 bits per heavy atom. The summed E-state index contributed by atoms with van der Waals surface area (Å²) in [6.07, 6.45) is 1.23. The second-order valence-corrected chi connectivity index (χ2v) is 5.49. The van der Waals surface area contributed by atoms with Crippen molar-refractivity contribution in [2.24, 2.45) is 5.41 Å². The third-order valence-corrected chi connectivity index (χ3v) is 4.10. The van der Waals surface area contributed by atoms with Crippen molar-refractivity contribution in [3.8, 4) is 0 Å². The zero-order valence-electron chi connectivity index (χ0n) is 13.2. The van der Waals surface area contributed by atoms with E-state index in [-0.39, 0.29) is 0 Å². The molecule has 1 amide bonds. The largest absolute Gasteiger partial charge is 0.479 e. The quantitative estimate of drug-likeness (QED) is 0.421. The molecular formula is C16H22N2O5. The molecule has 7 nitrogen and oxygen atoms in total. The molecule has 0 heterocycles. The van der Waals surface area contributed by atoms with Gasteiger partial charge in [-0.05, 0) is 37.0 Å². The van der Waals surface area contributed by atoms with Crippen molar-refractivity contribution in [3.63, 3.8) is 0 Å². The van der Waals surface area contributed by atoms with Gasteiger partial charge in [-0.1, -0.05) is 26.0 Å². The Bertz CT molecular complexity index is 582. The smallest absolute Gasteiger partial charge is 0.338 e. The van der Waals surface area contributed by atoms with Crippen LogP contribution < -0.4 is 11.1 Å². The predicted molar refractivity (Wildman–Crippen MR) is 84.8 cm³/mol. The van der Waals surface area contributed by atoms with Gasteiger partial charge in [0.15, 0.2) is 0 Å². The number of benzene rings is 1. The summed E-state index contributed by atoms with van der Waals surface area (Å²) in [7, 11) is 0. The molecule has 7 heteroatoms. The van der Waals surface area contributed by atoms with Crippen LogP contribution in [0.5, 0.6) is 0 Å². The molecular weight excluding hydrogens is 300 g/mol. The van der Waals surface area contributed by atoms with Gasteiger partial charge < -0.3 is 21.3 Å². The number of aliphatic carboxylic acids is 2. The van der Waals surface area contributed by atoms with Gasteiger partial charge in [0.1, 0.15) is 0 Å². The van der Waals surface area contributed by atoms with Crippen LogP contribution in [0.4, 0.5) is 5.69 Å². The Morgan fingerprint density at radius 1 is 1.17 bits per heavy atom. The van der Waals surface area contributed by atoms with Crippen LogP contribution >= 0.6 is 0 Å². The first-order valence-electron chi connectivity index (χ1n) is 7.36. The molecule has 0 aliphatic carbocycles. The number of carboxylic acid groups (broad SMARTS) is 2. The molecule has 5 N–H and O–H groups in total. The Hall–Kier alpha value is -2.57. The Morgan fingerprint density at radius 3 is 2.17 bits per heavy atom. The van der Waals surface area contributed by atoms with Crippen LogP contribution in [0.2, 0.25) is 0 Å². The fourth-order valence-corrected chi connectivity index (χ4v) is 2.51. The zero-order chi connectivity index (χ0) is 17.6. The number of anilines is 1. The van der Waals surface area contributed by atoms with Crippen molar-refractivity contribution in [1.29, 1.82) is 0 Å². The Kier molecular flexibility index (Phi) is 6.12. The van der Waals surface area contributed by atoms with Gasteiger partial charge >= 0.3 is 11.9 Å². The number of hydrogen-bond acceptors (Lipinski definition) is 4. The minimum Gasteiger partial charge on any atom is -0.479 e. The lowest BCUT2D eigenvalue weighted by Gasteiger charge is -2.31. The minimum absolute atomic E-state index is 0.350. The van der Waals surface area contributed by atoms with Gasteiger partial charge in [0.25, 0.3) is 0 Å². The number of hydrogen-bond donors (Lipinski definition) is 4. The summed E-state index contributed by atoms with van der Waals surface area (Å²) < 4.78 is 0. The monoisotopic (exact) mass is 322 g/mol. The highest BCUT2D eigenvalue weighted by Gasteiger charge is 2.39. The maximum atomic E-state index is 12.6. The van der Waals surface area contributed by atoms with Gasteiger partial charge in [-0.2, -0.15) is 0 Å². The molecule has 0 unspecified atom stereocenters.